The predicted octanol–water partition coefficient (Wildman–Crippen LogP) is 2.89. The van der Waals surface area contributed by atoms with Crippen molar-refractivity contribution in [2.75, 3.05) is 32.2 Å². The Kier molecular flexibility index (Phi) is 4.50. The van der Waals surface area contributed by atoms with Crippen molar-refractivity contribution >= 4 is 22.9 Å². The molecule has 0 radical (unpaired) electrons. The highest BCUT2D eigenvalue weighted by atomic mass is 16.5. The lowest BCUT2D eigenvalue weighted by Crippen LogP contribution is -2.31. The summed E-state index contributed by atoms with van der Waals surface area (Å²) >= 11 is 0. The number of guanidine groups is 1. The van der Waals surface area contributed by atoms with Crippen LogP contribution in [0.1, 0.15) is 25.1 Å². The molecule has 3 aromatic rings. The van der Waals surface area contributed by atoms with Gasteiger partial charge in [0.25, 0.3) is 0 Å². The normalized spacial score (nSPS) is 17.5. The highest BCUT2D eigenvalue weighted by molar-refractivity contribution is 5.95. The Balaban J connectivity index is 1.65. The Morgan fingerprint density at radius 3 is 2.73 bits per heavy atom. The van der Waals surface area contributed by atoms with Crippen LogP contribution in [0.2, 0.25) is 0 Å². The van der Waals surface area contributed by atoms with Gasteiger partial charge >= 0.3 is 0 Å². The molecular formula is C21H23N5O4. The summed E-state index contributed by atoms with van der Waals surface area (Å²) in [4.78, 5) is 9.34. The smallest absolute Gasteiger partial charge is 0.212 e. The van der Waals surface area contributed by atoms with E-state index in [0.717, 1.165) is 23.0 Å². The van der Waals surface area contributed by atoms with Crippen LogP contribution >= 0.6 is 0 Å². The van der Waals surface area contributed by atoms with Gasteiger partial charge in [-0.1, -0.05) is 6.07 Å². The van der Waals surface area contributed by atoms with Crippen molar-refractivity contribution in [1.29, 1.82) is 0 Å². The standard InChI is InChI=1S/C21H23N5O4/c1-3-28-15-6-5-12(9-16(15)27-2)19-24-20(22)25-21-23-13-10-17-18(11-14(13)26(19)21)30-8-4-7-29-17/h5-6,9-11,19H,3-4,7-8H2,1-2H3,(H3,22,23,24,25)/t19-/m0/s1. The van der Waals surface area contributed by atoms with Gasteiger partial charge in [-0.25, -0.2) is 9.98 Å². The van der Waals surface area contributed by atoms with Crippen molar-refractivity contribution in [2.24, 2.45) is 10.7 Å². The van der Waals surface area contributed by atoms with Crippen LogP contribution < -0.4 is 30.0 Å². The summed E-state index contributed by atoms with van der Waals surface area (Å²) in [6.45, 7) is 3.72. The number of nitrogens with zero attached hydrogens (tertiary/aromatic N) is 3. The number of fused-ring (bicyclic) bond motifs is 4. The van der Waals surface area contributed by atoms with Crippen LogP contribution in [-0.4, -0.2) is 42.4 Å². The third-order valence-corrected chi connectivity index (χ3v) is 5.09. The number of hydrogen-bond acceptors (Lipinski definition) is 8. The number of ether oxygens (including phenoxy) is 4. The number of rotatable bonds is 4. The highest BCUT2D eigenvalue weighted by Gasteiger charge is 2.27. The Hall–Kier alpha value is -3.62. The van der Waals surface area contributed by atoms with Crippen molar-refractivity contribution in [1.82, 2.24) is 9.55 Å². The molecule has 0 saturated carbocycles. The summed E-state index contributed by atoms with van der Waals surface area (Å²) in [5, 5.41) is 3.05. The maximum Gasteiger partial charge on any atom is 0.212 e. The first-order chi connectivity index (χ1) is 14.7. The number of imidazole rings is 1. The highest BCUT2D eigenvalue weighted by Crippen LogP contribution is 2.40. The minimum atomic E-state index is -0.416. The minimum Gasteiger partial charge on any atom is -0.493 e. The first kappa shape index (κ1) is 18.4. The number of aromatic nitrogens is 2. The summed E-state index contributed by atoms with van der Waals surface area (Å²) in [5.41, 5.74) is 8.61. The van der Waals surface area contributed by atoms with Crippen LogP contribution in [0.15, 0.2) is 35.3 Å². The number of hydrogen-bond donors (Lipinski definition) is 2. The average Bonchev–Trinajstić information content (AvgIpc) is 2.93. The molecule has 5 rings (SSSR count). The Labute approximate surface area is 173 Å². The van der Waals surface area contributed by atoms with Crippen molar-refractivity contribution in [2.45, 2.75) is 19.5 Å². The molecule has 2 aliphatic rings. The maximum atomic E-state index is 6.07. The molecule has 2 aromatic carbocycles. The van der Waals surface area contributed by atoms with E-state index in [1.165, 1.54) is 0 Å². The van der Waals surface area contributed by atoms with Crippen LogP contribution in [0, 0.1) is 0 Å². The van der Waals surface area contributed by atoms with Gasteiger partial charge in [-0.15, -0.1) is 0 Å². The monoisotopic (exact) mass is 409 g/mol. The van der Waals surface area contributed by atoms with Crippen LogP contribution in [0.4, 0.5) is 5.95 Å². The maximum absolute atomic E-state index is 6.07. The lowest BCUT2D eigenvalue weighted by Gasteiger charge is -2.24. The van der Waals surface area contributed by atoms with Crippen LogP contribution in [0.5, 0.6) is 23.0 Å². The molecule has 0 spiro atoms. The quantitative estimate of drug-likeness (QED) is 0.683. The lowest BCUT2D eigenvalue weighted by molar-refractivity contribution is 0.297. The minimum absolute atomic E-state index is 0.296. The number of benzene rings is 2. The van der Waals surface area contributed by atoms with Gasteiger partial charge in [0.2, 0.25) is 5.95 Å². The second-order valence-electron chi connectivity index (χ2n) is 7.00. The number of nitrogens with two attached hydrogens (primary N) is 1. The van der Waals surface area contributed by atoms with Crippen molar-refractivity contribution < 1.29 is 18.9 Å². The zero-order valence-electron chi connectivity index (χ0n) is 16.8. The van der Waals surface area contributed by atoms with E-state index in [-0.39, 0.29) is 0 Å². The molecule has 0 saturated heterocycles. The van der Waals surface area contributed by atoms with E-state index in [4.69, 9.17) is 29.7 Å². The van der Waals surface area contributed by atoms with Crippen molar-refractivity contribution in [3.8, 4) is 23.0 Å². The molecule has 3 N–H and O–H groups in total. The fourth-order valence-corrected chi connectivity index (χ4v) is 3.77. The third-order valence-electron chi connectivity index (χ3n) is 5.09. The van der Waals surface area contributed by atoms with E-state index in [9.17, 15) is 0 Å². The van der Waals surface area contributed by atoms with Gasteiger partial charge in [0.15, 0.2) is 35.1 Å². The molecule has 0 fully saturated rings. The Bertz CT molecular complexity index is 1140. The molecule has 0 bridgehead atoms. The second kappa shape index (κ2) is 7.33. The van der Waals surface area contributed by atoms with Gasteiger partial charge in [0.1, 0.15) is 0 Å². The molecule has 1 atom stereocenters. The molecule has 0 unspecified atom stereocenters. The summed E-state index contributed by atoms with van der Waals surface area (Å²) < 4.78 is 24.8. The van der Waals surface area contributed by atoms with Gasteiger partial charge in [-0.2, -0.15) is 0 Å². The summed E-state index contributed by atoms with van der Waals surface area (Å²) in [6.07, 6.45) is 0.426. The van der Waals surface area contributed by atoms with E-state index in [1.54, 1.807) is 7.11 Å². The van der Waals surface area contributed by atoms with Gasteiger partial charge in [-0.3, -0.25) is 9.88 Å². The average molecular weight is 409 g/mol. The summed E-state index contributed by atoms with van der Waals surface area (Å²) in [5.74, 6) is 3.62. The van der Waals surface area contributed by atoms with E-state index in [1.807, 2.05) is 41.8 Å². The Morgan fingerprint density at radius 2 is 1.97 bits per heavy atom. The van der Waals surface area contributed by atoms with Crippen LogP contribution in [0.3, 0.4) is 0 Å². The first-order valence-electron chi connectivity index (χ1n) is 9.90. The SMILES string of the molecule is CCOc1ccc([C@H]2N=C(N)Nc3nc4cc5c(cc4n32)OCCCO5)cc1OC. The molecule has 9 nitrogen and oxygen atoms in total. The number of anilines is 1. The molecular weight excluding hydrogens is 386 g/mol. The number of aliphatic imine (C=N–C) groups is 1. The van der Waals surface area contributed by atoms with Crippen molar-refractivity contribution in [3.05, 3.63) is 35.9 Å². The fourth-order valence-electron chi connectivity index (χ4n) is 3.77. The fraction of sp³-hybridized carbons (Fsp3) is 0.333. The molecule has 9 heteroatoms. The van der Waals surface area contributed by atoms with Crippen molar-refractivity contribution in [3.63, 3.8) is 0 Å². The summed E-state index contributed by atoms with van der Waals surface area (Å²) in [6, 6.07) is 9.60. The first-order valence-corrected chi connectivity index (χ1v) is 9.90. The molecule has 1 aromatic heterocycles. The van der Waals surface area contributed by atoms with E-state index < -0.39 is 6.17 Å². The zero-order chi connectivity index (χ0) is 20.7. The van der Waals surface area contributed by atoms with E-state index in [0.29, 0.717) is 54.7 Å². The largest absolute Gasteiger partial charge is 0.493 e. The second-order valence-corrected chi connectivity index (χ2v) is 7.00. The zero-order valence-corrected chi connectivity index (χ0v) is 16.8. The van der Waals surface area contributed by atoms with Crippen LogP contribution in [-0.2, 0) is 0 Å². The van der Waals surface area contributed by atoms with Gasteiger partial charge in [0, 0.05) is 24.1 Å². The van der Waals surface area contributed by atoms with Gasteiger partial charge in [0.05, 0.1) is 38.0 Å². The summed E-state index contributed by atoms with van der Waals surface area (Å²) in [7, 11) is 1.62. The molecule has 0 amide bonds. The molecule has 3 heterocycles. The van der Waals surface area contributed by atoms with Gasteiger partial charge < -0.3 is 24.7 Å². The Morgan fingerprint density at radius 1 is 1.17 bits per heavy atom. The van der Waals surface area contributed by atoms with E-state index in [2.05, 4.69) is 10.3 Å². The van der Waals surface area contributed by atoms with E-state index >= 15 is 0 Å². The van der Waals surface area contributed by atoms with Gasteiger partial charge in [-0.05, 0) is 19.1 Å². The van der Waals surface area contributed by atoms with Crippen LogP contribution in [0.25, 0.3) is 11.0 Å². The molecule has 0 aliphatic carbocycles. The molecule has 156 valence electrons. The lowest BCUT2D eigenvalue weighted by atomic mass is 10.1. The predicted molar refractivity (Wildman–Crippen MR) is 113 cm³/mol. The third kappa shape index (κ3) is 3.02. The molecule has 2 aliphatic heterocycles. The number of nitrogens with one attached hydrogen (secondary N) is 1. The topological polar surface area (TPSA) is 105 Å². The molecule has 30 heavy (non-hydrogen) atoms. The number of methoxy groups -OCH3 is 1.